The van der Waals surface area contributed by atoms with Crippen molar-refractivity contribution < 1.29 is 4.74 Å². The number of hydrogen-bond donors (Lipinski definition) is 0. The molecule has 0 saturated heterocycles. The van der Waals surface area contributed by atoms with E-state index < -0.39 is 0 Å². The lowest BCUT2D eigenvalue weighted by atomic mass is 10.3. The Balaban J connectivity index is 2.22. The summed E-state index contributed by atoms with van der Waals surface area (Å²) in [6.07, 6.45) is 3.57. The second kappa shape index (κ2) is 4.66. The Morgan fingerprint density at radius 1 is 1.21 bits per heavy atom. The van der Waals surface area contributed by atoms with Crippen molar-refractivity contribution in [3.05, 3.63) is 41.1 Å². The fourth-order valence-electron chi connectivity index (χ4n) is 2.10. The average Bonchev–Trinajstić information content (AvgIpc) is 2.75. The van der Waals surface area contributed by atoms with Gasteiger partial charge in [-0.1, -0.05) is 0 Å². The third-order valence-corrected chi connectivity index (χ3v) is 3.48. The number of rotatable bonds is 2. The lowest BCUT2D eigenvalue weighted by molar-refractivity contribution is 0.415. The molecule has 0 spiro atoms. The fourth-order valence-corrected chi connectivity index (χ4v) is 2.46. The number of aryl methyl sites for hydroxylation is 1. The normalized spacial score (nSPS) is 10.9. The highest BCUT2D eigenvalue weighted by Gasteiger charge is 2.11. The van der Waals surface area contributed by atoms with Crippen LogP contribution in [0.4, 0.5) is 0 Å². The molecule has 96 valence electrons. The number of ether oxygens (including phenoxy) is 1. The summed E-state index contributed by atoms with van der Waals surface area (Å²) >= 11 is 3.43. The van der Waals surface area contributed by atoms with E-state index in [0.29, 0.717) is 0 Å². The van der Waals surface area contributed by atoms with Crippen LogP contribution in [0.25, 0.3) is 22.4 Å². The van der Waals surface area contributed by atoms with Crippen LogP contribution in [0.5, 0.6) is 5.75 Å². The summed E-state index contributed by atoms with van der Waals surface area (Å²) < 4.78 is 8.22. The van der Waals surface area contributed by atoms with E-state index in [1.54, 1.807) is 13.3 Å². The van der Waals surface area contributed by atoms with Gasteiger partial charge in [0, 0.05) is 35.5 Å². The van der Waals surface area contributed by atoms with Crippen molar-refractivity contribution in [2.24, 2.45) is 7.05 Å². The Bertz CT molecular complexity index is 752. The summed E-state index contributed by atoms with van der Waals surface area (Å²) in [6, 6.07) is 7.89. The molecule has 0 N–H and O–H groups in total. The van der Waals surface area contributed by atoms with Crippen molar-refractivity contribution >= 4 is 27.0 Å². The molecule has 0 atom stereocenters. The van der Waals surface area contributed by atoms with Gasteiger partial charge in [0.1, 0.15) is 11.6 Å². The molecule has 2 heterocycles. The molecule has 4 nitrogen and oxygen atoms in total. The number of imidazole rings is 1. The first kappa shape index (κ1) is 12.2. The van der Waals surface area contributed by atoms with Crippen molar-refractivity contribution in [1.29, 1.82) is 0 Å². The van der Waals surface area contributed by atoms with E-state index in [0.717, 1.165) is 32.6 Å². The fraction of sp³-hybridized carbons (Fsp3) is 0.143. The van der Waals surface area contributed by atoms with Gasteiger partial charge in [0.15, 0.2) is 0 Å². The molecule has 5 heteroatoms. The van der Waals surface area contributed by atoms with E-state index in [9.17, 15) is 0 Å². The Labute approximate surface area is 119 Å². The largest absolute Gasteiger partial charge is 0.497 e. The van der Waals surface area contributed by atoms with Gasteiger partial charge in [0.05, 0.1) is 18.1 Å². The predicted octanol–water partition coefficient (Wildman–Crippen LogP) is 3.41. The number of hydrogen-bond acceptors (Lipinski definition) is 3. The van der Waals surface area contributed by atoms with Gasteiger partial charge in [0.25, 0.3) is 0 Å². The summed E-state index contributed by atoms with van der Waals surface area (Å²) in [4.78, 5) is 8.84. The second-order valence-electron chi connectivity index (χ2n) is 4.24. The maximum Gasteiger partial charge on any atom is 0.142 e. The van der Waals surface area contributed by atoms with Crippen LogP contribution in [0, 0.1) is 0 Å². The Morgan fingerprint density at radius 3 is 2.79 bits per heavy atom. The molecule has 0 aliphatic heterocycles. The second-order valence-corrected chi connectivity index (χ2v) is 5.16. The van der Waals surface area contributed by atoms with Gasteiger partial charge in [-0.25, -0.2) is 4.98 Å². The van der Waals surface area contributed by atoms with Crippen LogP contribution in [0.1, 0.15) is 0 Å². The van der Waals surface area contributed by atoms with E-state index in [-0.39, 0.29) is 0 Å². The Morgan fingerprint density at radius 2 is 2.05 bits per heavy atom. The number of fused-ring (bicyclic) bond motifs is 1. The van der Waals surface area contributed by atoms with E-state index in [4.69, 9.17) is 4.74 Å². The highest BCUT2D eigenvalue weighted by molar-refractivity contribution is 9.10. The van der Waals surface area contributed by atoms with Gasteiger partial charge >= 0.3 is 0 Å². The quantitative estimate of drug-likeness (QED) is 0.727. The summed E-state index contributed by atoms with van der Waals surface area (Å²) in [7, 11) is 3.65. The van der Waals surface area contributed by atoms with Crippen molar-refractivity contribution in [2.45, 2.75) is 0 Å². The minimum absolute atomic E-state index is 0.810. The number of benzene rings is 1. The third-order valence-electron chi connectivity index (χ3n) is 3.05. The molecule has 0 amide bonds. The van der Waals surface area contributed by atoms with Crippen LogP contribution in [-0.4, -0.2) is 21.6 Å². The van der Waals surface area contributed by atoms with E-state index in [1.165, 1.54) is 0 Å². The molecule has 0 radical (unpaired) electrons. The molecule has 0 aliphatic carbocycles. The van der Waals surface area contributed by atoms with Crippen LogP contribution in [0.2, 0.25) is 0 Å². The van der Waals surface area contributed by atoms with Crippen molar-refractivity contribution in [3.63, 3.8) is 0 Å². The molecule has 0 fully saturated rings. The zero-order valence-corrected chi connectivity index (χ0v) is 12.2. The standard InChI is InChI=1S/C14H12BrN3O/c1-18-13-4-3-11(19-2)6-12(13)17-14(18)9-5-10(15)8-16-7-9/h3-8H,1-2H3. The summed E-state index contributed by atoms with van der Waals surface area (Å²) in [5.74, 6) is 1.70. The Hall–Kier alpha value is -1.88. The molecule has 3 rings (SSSR count). The monoisotopic (exact) mass is 317 g/mol. The van der Waals surface area contributed by atoms with Crippen molar-refractivity contribution in [1.82, 2.24) is 14.5 Å². The Kier molecular flexibility index (Phi) is 2.98. The number of methoxy groups -OCH3 is 1. The average molecular weight is 318 g/mol. The zero-order chi connectivity index (χ0) is 13.4. The van der Waals surface area contributed by atoms with Gasteiger partial charge in [-0.05, 0) is 34.1 Å². The van der Waals surface area contributed by atoms with Gasteiger partial charge < -0.3 is 9.30 Å². The van der Waals surface area contributed by atoms with Crippen LogP contribution in [-0.2, 0) is 7.05 Å². The van der Waals surface area contributed by atoms with Gasteiger partial charge in [0.2, 0.25) is 0 Å². The van der Waals surface area contributed by atoms with E-state index in [2.05, 4.69) is 30.5 Å². The number of nitrogens with zero attached hydrogens (tertiary/aromatic N) is 3. The predicted molar refractivity (Wildman–Crippen MR) is 78.2 cm³/mol. The molecule has 0 aliphatic rings. The summed E-state index contributed by atoms with van der Waals surface area (Å²) in [5, 5.41) is 0. The van der Waals surface area contributed by atoms with Gasteiger partial charge in [-0.15, -0.1) is 0 Å². The topological polar surface area (TPSA) is 39.9 Å². The van der Waals surface area contributed by atoms with Crippen molar-refractivity contribution in [2.75, 3.05) is 7.11 Å². The number of halogens is 1. The molecule has 19 heavy (non-hydrogen) atoms. The first-order chi connectivity index (χ1) is 9.19. The molecule has 0 bridgehead atoms. The molecule has 0 saturated carbocycles. The number of pyridine rings is 1. The van der Waals surface area contributed by atoms with Crippen LogP contribution in [0.3, 0.4) is 0 Å². The highest BCUT2D eigenvalue weighted by atomic mass is 79.9. The maximum absolute atomic E-state index is 5.23. The van der Waals surface area contributed by atoms with E-state index in [1.807, 2.05) is 37.5 Å². The van der Waals surface area contributed by atoms with Gasteiger partial charge in [-0.3, -0.25) is 4.98 Å². The molecular weight excluding hydrogens is 306 g/mol. The van der Waals surface area contributed by atoms with Crippen LogP contribution in [0.15, 0.2) is 41.1 Å². The van der Waals surface area contributed by atoms with E-state index >= 15 is 0 Å². The molecule has 1 aromatic carbocycles. The zero-order valence-electron chi connectivity index (χ0n) is 10.6. The molecule has 2 aromatic heterocycles. The summed E-state index contributed by atoms with van der Waals surface area (Å²) in [6.45, 7) is 0. The first-order valence-corrected chi connectivity index (χ1v) is 6.60. The lowest BCUT2D eigenvalue weighted by Crippen LogP contribution is -1.93. The minimum atomic E-state index is 0.810. The molecule has 3 aromatic rings. The van der Waals surface area contributed by atoms with Gasteiger partial charge in [-0.2, -0.15) is 0 Å². The third kappa shape index (κ3) is 2.10. The molecule has 0 unspecified atom stereocenters. The number of aromatic nitrogens is 3. The lowest BCUT2D eigenvalue weighted by Gasteiger charge is -2.02. The van der Waals surface area contributed by atoms with Crippen LogP contribution < -0.4 is 4.74 Å². The SMILES string of the molecule is COc1ccc2c(c1)nc(-c1cncc(Br)c1)n2C. The first-order valence-electron chi connectivity index (χ1n) is 5.80. The van der Waals surface area contributed by atoms with Crippen molar-refractivity contribution in [3.8, 4) is 17.1 Å². The minimum Gasteiger partial charge on any atom is -0.497 e. The van der Waals surface area contributed by atoms with Crippen LogP contribution >= 0.6 is 15.9 Å². The highest BCUT2D eigenvalue weighted by Crippen LogP contribution is 2.27. The molecular formula is C14H12BrN3O. The summed E-state index contributed by atoms with van der Waals surface area (Å²) in [5.41, 5.74) is 2.96. The maximum atomic E-state index is 5.23. The smallest absolute Gasteiger partial charge is 0.142 e.